The van der Waals surface area contributed by atoms with Crippen LogP contribution in [0.1, 0.15) is 24.9 Å². The second kappa shape index (κ2) is 8.41. The number of nitrogens with zero attached hydrogens (tertiary/aromatic N) is 3. The number of aryl methyl sites for hydroxylation is 1. The van der Waals surface area contributed by atoms with Crippen LogP contribution in [0.5, 0.6) is 0 Å². The van der Waals surface area contributed by atoms with Gasteiger partial charge in [0.15, 0.2) is 0 Å². The van der Waals surface area contributed by atoms with Gasteiger partial charge in [0.2, 0.25) is 5.91 Å². The summed E-state index contributed by atoms with van der Waals surface area (Å²) in [6.45, 7) is 2.31. The number of β-amino-alcohol motifs (C(OH)–C–C–N with tert-alkyl or cyclic N) is 1. The number of aromatic nitrogens is 2. The molecule has 0 aliphatic carbocycles. The SMILES string of the molecule is CCn1nccc1-c1ccc([C@H](CO)NC(=O)[C@@H]2C[C@@H](O)CN2C(=O)O)cc1. The second-order valence-electron chi connectivity index (χ2n) is 6.74. The average molecular weight is 388 g/mol. The van der Waals surface area contributed by atoms with E-state index in [-0.39, 0.29) is 19.6 Å². The number of carboxylic acid groups (broad SMARTS) is 1. The summed E-state index contributed by atoms with van der Waals surface area (Å²) in [6, 6.07) is 7.65. The largest absolute Gasteiger partial charge is 0.465 e. The molecule has 2 heterocycles. The summed E-state index contributed by atoms with van der Waals surface area (Å²) in [5.41, 5.74) is 2.63. The standard InChI is InChI=1S/C19H24N4O5/c1-2-23-16(7-8-20-23)13-5-3-12(4-6-13)15(11-24)21-18(26)17-9-14(25)10-22(17)19(27)28/h3-8,14-15,17,24-25H,2,9-11H2,1H3,(H,21,26)(H,27,28)/t14-,15+,17+/m1/s1. The lowest BCUT2D eigenvalue weighted by atomic mass is 10.0. The Hall–Kier alpha value is -2.91. The minimum atomic E-state index is -1.26. The van der Waals surface area contributed by atoms with Gasteiger partial charge in [0, 0.05) is 19.2 Å². The molecule has 0 unspecified atom stereocenters. The van der Waals surface area contributed by atoms with E-state index in [2.05, 4.69) is 10.4 Å². The molecule has 1 aliphatic rings. The Labute approximate surface area is 162 Å². The minimum Gasteiger partial charge on any atom is -0.465 e. The van der Waals surface area contributed by atoms with Crippen molar-refractivity contribution in [3.8, 4) is 11.3 Å². The van der Waals surface area contributed by atoms with Crippen molar-refractivity contribution in [3.63, 3.8) is 0 Å². The van der Waals surface area contributed by atoms with Crippen molar-refractivity contribution >= 4 is 12.0 Å². The number of amides is 2. The first-order valence-electron chi connectivity index (χ1n) is 9.15. The summed E-state index contributed by atoms with van der Waals surface area (Å²) in [6.07, 6.45) is -0.361. The van der Waals surface area contributed by atoms with E-state index in [9.17, 15) is 24.9 Å². The van der Waals surface area contributed by atoms with E-state index in [1.165, 1.54) is 0 Å². The maximum absolute atomic E-state index is 12.5. The van der Waals surface area contributed by atoms with Crippen LogP contribution < -0.4 is 5.32 Å². The molecule has 1 aliphatic heterocycles. The van der Waals surface area contributed by atoms with Gasteiger partial charge < -0.3 is 20.6 Å². The topological polar surface area (TPSA) is 128 Å². The van der Waals surface area contributed by atoms with Crippen molar-refractivity contribution in [2.75, 3.05) is 13.2 Å². The van der Waals surface area contributed by atoms with E-state index in [0.717, 1.165) is 22.7 Å². The third-order valence-electron chi connectivity index (χ3n) is 4.95. The van der Waals surface area contributed by atoms with Crippen LogP contribution in [0.15, 0.2) is 36.5 Å². The molecule has 2 aromatic rings. The zero-order chi connectivity index (χ0) is 20.3. The maximum Gasteiger partial charge on any atom is 0.408 e. The molecule has 1 aromatic heterocycles. The molecule has 9 heteroatoms. The van der Waals surface area contributed by atoms with Crippen LogP contribution in [0.25, 0.3) is 11.3 Å². The zero-order valence-corrected chi connectivity index (χ0v) is 15.5. The van der Waals surface area contributed by atoms with Crippen molar-refractivity contribution < 1.29 is 24.9 Å². The summed E-state index contributed by atoms with van der Waals surface area (Å²) in [5, 5.41) is 35.6. The summed E-state index contributed by atoms with van der Waals surface area (Å²) >= 11 is 0. The lowest BCUT2D eigenvalue weighted by Gasteiger charge is -2.24. The summed E-state index contributed by atoms with van der Waals surface area (Å²) in [7, 11) is 0. The minimum absolute atomic E-state index is 0.0379. The van der Waals surface area contributed by atoms with Gasteiger partial charge in [0.05, 0.1) is 31.0 Å². The van der Waals surface area contributed by atoms with Crippen LogP contribution in [-0.2, 0) is 11.3 Å². The van der Waals surface area contributed by atoms with Crippen LogP contribution in [0.3, 0.4) is 0 Å². The van der Waals surface area contributed by atoms with Crippen molar-refractivity contribution in [1.29, 1.82) is 0 Å². The molecule has 2 amide bonds. The van der Waals surface area contributed by atoms with E-state index in [1.54, 1.807) is 6.20 Å². The highest BCUT2D eigenvalue weighted by Gasteiger charge is 2.39. The van der Waals surface area contributed by atoms with Crippen LogP contribution in [-0.4, -0.2) is 67.3 Å². The molecule has 1 aromatic carbocycles. The Kier molecular flexibility index (Phi) is 5.96. The summed E-state index contributed by atoms with van der Waals surface area (Å²) in [4.78, 5) is 24.7. The molecule has 0 saturated carbocycles. The number of aliphatic hydroxyl groups excluding tert-OH is 2. The summed E-state index contributed by atoms with van der Waals surface area (Å²) < 4.78 is 1.87. The van der Waals surface area contributed by atoms with Gasteiger partial charge in [-0.3, -0.25) is 14.4 Å². The number of carbonyl (C=O) groups is 2. The number of nitrogens with one attached hydrogen (secondary N) is 1. The lowest BCUT2D eigenvalue weighted by Crippen LogP contribution is -2.46. The number of hydrogen-bond donors (Lipinski definition) is 4. The second-order valence-corrected chi connectivity index (χ2v) is 6.74. The highest BCUT2D eigenvalue weighted by Crippen LogP contribution is 2.23. The van der Waals surface area contributed by atoms with Crippen molar-refractivity contribution in [2.45, 2.75) is 38.1 Å². The first-order valence-corrected chi connectivity index (χ1v) is 9.15. The maximum atomic E-state index is 12.5. The van der Waals surface area contributed by atoms with Gasteiger partial charge in [-0.2, -0.15) is 5.10 Å². The quantitative estimate of drug-likeness (QED) is 0.580. The fourth-order valence-electron chi connectivity index (χ4n) is 3.49. The number of hydrogen-bond acceptors (Lipinski definition) is 5. The normalized spacial score (nSPS) is 20.2. The molecule has 1 saturated heterocycles. The Morgan fingerprint density at radius 1 is 1.29 bits per heavy atom. The first kappa shape index (κ1) is 19.8. The van der Waals surface area contributed by atoms with Gasteiger partial charge in [-0.25, -0.2) is 4.79 Å². The van der Waals surface area contributed by atoms with Crippen LogP contribution in [0.2, 0.25) is 0 Å². The van der Waals surface area contributed by atoms with Crippen molar-refractivity contribution in [1.82, 2.24) is 20.0 Å². The monoisotopic (exact) mass is 388 g/mol. The third-order valence-corrected chi connectivity index (χ3v) is 4.95. The Bertz CT molecular complexity index is 835. The highest BCUT2D eigenvalue weighted by molar-refractivity contribution is 5.86. The number of likely N-dealkylation sites (tertiary alicyclic amines) is 1. The number of benzene rings is 1. The van der Waals surface area contributed by atoms with Gasteiger partial charge in [-0.15, -0.1) is 0 Å². The summed E-state index contributed by atoms with van der Waals surface area (Å²) in [5.74, 6) is -0.536. The number of aliphatic hydroxyl groups is 2. The Morgan fingerprint density at radius 2 is 2.00 bits per heavy atom. The van der Waals surface area contributed by atoms with Crippen LogP contribution in [0, 0.1) is 0 Å². The number of rotatable bonds is 6. The van der Waals surface area contributed by atoms with E-state index < -0.39 is 30.2 Å². The van der Waals surface area contributed by atoms with Crippen molar-refractivity contribution in [2.24, 2.45) is 0 Å². The molecule has 150 valence electrons. The molecule has 3 atom stereocenters. The van der Waals surface area contributed by atoms with Crippen LogP contribution >= 0.6 is 0 Å². The third kappa shape index (κ3) is 4.00. The van der Waals surface area contributed by atoms with Gasteiger partial charge in [-0.1, -0.05) is 24.3 Å². The molecule has 4 N–H and O–H groups in total. The van der Waals surface area contributed by atoms with Gasteiger partial charge >= 0.3 is 6.09 Å². The fourth-order valence-corrected chi connectivity index (χ4v) is 3.49. The van der Waals surface area contributed by atoms with E-state index in [1.807, 2.05) is 41.9 Å². The Balaban J connectivity index is 1.73. The van der Waals surface area contributed by atoms with Crippen LogP contribution in [0.4, 0.5) is 4.79 Å². The van der Waals surface area contributed by atoms with Gasteiger partial charge in [-0.05, 0) is 24.1 Å². The number of carbonyl (C=O) groups excluding carboxylic acids is 1. The van der Waals surface area contributed by atoms with E-state index in [0.29, 0.717) is 5.56 Å². The molecule has 1 fully saturated rings. The van der Waals surface area contributed by atoms with E-state index in [4.69, 9.17) is 0 Å². The smallest absolute Gasteiger partial charge is 0.408 e. The molecule has 28 heavy (non-hydrogen) atoms. The molecule has 0 radical (unpaired) electrons. The molecule has 0 bridgehead atoms. The predicted molar refractivity (Wildman–Crippen MR) is 100 cm³/mol. The zero-order valence-electron chi connectivity index (χ0n) is 15.5. The molecule has 9 nitrogen and oxygen atoms in total. The molecular formula is C19H24N4O5. The van der Waals surface area contributed by atoms with E-state index >= 15 is 0 Å². The molecular weight excluding hydrogens is 364 g/mol. The first-order chi connectivity index (χ1) is 13.4. The molecule has 3 rings (SSSR count). The fraction of sp³-hybridized carbons (Fsp3) is 0.421. The lowest BCUT2D eigenvalue weighted by molar-refractivity contribution is -0.126. The molecule has 0 spiro atoms. The van der Waals surface area contributed by atoms with Crippen molar-refractivity contribution in [3.05, 3.63) is 42.1 Å². The van der Waals surface area contributed by atoms with Gasteiger partial charge in [0.25, 0.3) is 0 Å². The van der Waals surface area contributed by atoms with Gasteiger partial charge in [0.1, 0.15) is 6.04 Å². The Morgan fingerprint density at radius 3 is 2.61 bits per heavy atom. The highest BCUT2D eigenvalue weighted by atomic mass is 16.4. The predicted octanol–water partition coefficient (Wildman–Crippen LogP) is 0.833. The average Bonchev–Trinajstić information content (AvgIpc) is 3.32.